The summed E-state index contributed by atoms with van der Waals surface area (Å²) in [7, 11) is 0. The summed E-state index contributed by atoms with van der Waals surface area (Å²) in [5, 5.41) is 0. The van der Waals surface area contributed by atoms with E-state index < -0.39 is 0 Å². The van der Waals surface area contributed by atoms with Gasteiger partial charge in [-0.05, 0) is 26.0 Å². The van der Waals surface area contributed by atoms with Gasteiger partial charge in [-0.15, -0.1) is 0 Å². The minimum Gasteiger partial charge on any atom is -0.493 e. The Balaban J connectivity index is 1.75. The molecule has 0 aromatic heterocycles. The van der Waals surface area contributed by atoms with Crippen LogP contribution in [-0.4, -0.2) is 42.7 Å². The van der Waals surface area contributed by atoms with Crippen LogP contribution in [0.25, 0.3) is 0 Å². The number of hydrogen-bond acceptors (Lipinski definition) is 3. The molecule has 0 bridgehead atoms. The number of nitrogens with zero attached hydrogens (tertiary/aromatic N) is 1. The molecule has 1 aromatic carbocycles. The molecule has 19 heavy (non-hydrogen) atoms. The lowest BCUT2D eigenvalue weighted by Crippen LogP contribution is -2.48. The second-order valence-corrected chi connectivity index (χ2v) is 4.97. The summed E-state index contributed by atoms with van der Waals surface area (Å²) in [4.78, 5) is 13.9. The zero-order chi connectivity index (χ0) is 13.7. The molecule has 4 heteroatoms. The fourth-order valence-corrected chi connectivity index (χ4v) is 2.31. The van der Waals surface area contributed by atoms with Crippen molar-refractivity contribution in [2.24, 2.45) is 0 Å². The molecule has 1 heterocycles. The van der Waals surface area contributed by atoms with Crippen molar-refractivity contribution in [2.75, 3.05) is 19.7 Å². The molecule has 1 aliphatic rings. The van der Waals surface area contributed by atoms with Crippen LogP contribution in [0.5, 0.6) is 5.75 Å². The second kappa shape index (κ2) is 6.57. The number of hydrogen-bond donors (Lipinski definition) is 0. The first-order valence-corrected chi connectivity index (χ1v) is 6.76. The Morgan fingerprint density at radius 1 is 1.26 bits per heavy atom. The summed E-state index contributed by atoms with van der Waals surface area (Å²) >= 11 is 0. The van der Waals surface area contributed by atoms with Gasteiger partial charge in [0.25, 0.3) is 0 Å². The van der Waals surface area contributed by atoms with Gasteiger partial charge in [-0.3, -0.25) is 4.79 Å². The maximum Gasteiger partial charge on any atom is 0.226 e. The van der Waals surface area contributed by atoms with Crippen molar-refractivity contribution >= 4 is 5.91 Å². The second-order valence-electron chi connectivity index (χ2n) is 4.97. The summed E-state index contributed by atoms with van der Waals surface area (Å²) in [6, 6.07) is 9.56. The van der Waals surface area contributed by atoms with E-state index >= 15 is 0 Å². The number of ether oxygens (including phenoxy) is 2. The van der Waals surface area contributed by atoms with E-state index in [0.717, 1.165) is 5.75 Å². The molecule has 2 rings (SSSR count). The van der Waals surface area contributed by atoms with Gasteiger partial charge in [-0.25, -0.2) is 0 Å². The van der Waals surface area contributed by atoms with E-state index in [1.807, 2.05) is 49.1 Å². The van der Waals surface area contributed by atoms with E-state index in [9.17, 15) is 4.79 Å². The highest BCUT2D eigenvalue weighted by Crippen LogP contribution is 2.13. The highest BCUT2D eigenvalue weighted by atomic mass is 16.5. The number of benzene rings is 1. The molecule has 0 spiro atoms. The molecule has 4 nitrogen and oxygen atoms in total. The van der Waals surface area contributed by atoms with Gasteiger partial charge >= 0.3 is 0 Å². The third-order valence-corrected chi connectivity index (χ3v) is 3.10. The Labute approximate surface area is 114 Å². The Hall–Kier alpha value is -1.55. The molecule has 2 atom stereocenters. The Morgan fingerprint density at radius 3 is 2.53 bits per heavy atom. The van der Waals surface area contributed by atoms with Crippen molar-refractivity contribution in [3.8, 4) is 5.75 Å². The Morgan fingerprint density at radius 2 is 1.89 bits per heavy atom. The molecule has 0 saturated carbocycles. The average molecular weight is 263 g/mol. The van der Waals surface area contributed by atoms with Crippen LogP contribution in [0.2, 0.25) is 0 Å². The van der Waals surface area contributed by atoms with E-state index in [2.05, 4.69) is 0 Å². The molecular formula is C15H21NO3. The number of rotatable bonds is 4. The highest BCUT2D eigenvalue weighted by Gasteiger charge is 2.25. The topological polar surface area (TPSA) is 38.8 Å². The first kappa shape index (κ1) is 13.9. The molecule has 1 fully saturated rings. The molecule has 104 valence electrons. The zero-order valence-corrected chi connectivity index (χ0v) is 11.5. The first-order valence-electron chi connectivity index (χ1n) is 6.76. The third-order valence-electron chi connectivity index (χ3n) is 3.10. The van der Waals surface area contributed by atoms with Gasteiger partial charge in [0.2, 0.25) is 5.91 Å². The van der Waals surface area contributed by atoms with Crippen LogP contribution in [0.1, 0.15) is 20.3 Å². The fourth-order valence-electron chi connectivity index (χ4n) is 2.31. The normalized spacial score (nSPS) is 23.2. The van der Waals surface area contributed by atoms with Crippen molar-refractivity contribution in [1.82, 2.24) is 4.90 Å². The van der Waals surface area contributed by atoms with E-state index in [1.165, 1.54) is 0 Å². The van der Waals surface area contributed by atoms with Crippen LogP contribution in [0.4, 0.5) is 0 Å². The Kier molecular flexibility index (Phi) is 4.80. The van der Waals surface area contributed by atoms with Crippen LogP contribution < -0.4 is 4.74 Å². The largest absolute Gasteiger partial charge is 0.493 e. The summed E-state index contributed by atoms with van der Waals surface area (Å²) in [5.41, 5.74) is 0. The molecule has 0 unspecified atom stereocenters. The predicted molar refractivity (Wildman–Crippen MR) is 73.1 cm³/mol. The van der Waals surface area contributed by atoms with Crippen molar-refractivity contribution in [2.45, 2.75) is 32.5 Å². The SMILES string of the molecule is C[C@H]1CN(C(=O)CCOc2ccccc2)C[C@H](C)O1. The molecule has 0 N–H and O–H groups in total. The minimum atomic E-state index is 0.114. The van der Waals surface area contributed by atoms with E-state index in [1.54, 1.807) is 0 Å². The van der Waals surface area contributed by atoms with Crippen LogP contribution in [0, 0.1) is 0 Å². The maximum atomic E-state index is 12.1. The maximum absolute atomic E-state index is 12.1. The summed E-state index contributed by atoms with van der Waals surface area (Å²) in [6.07, 6.45) is 0.638. The minimum absolute atomic E-state index is 0.114. The van der Waals surface area contributed by atoms with Crippen molar-refractivity contribution in [3.05, 3.63) is 30.3 Å². The van der Waals surface area contributed by atoms with Crippen molar-refractivity contribution in [1.29, 1.82) is 0 Å². The monoisotopic (exact) mass is 263 g/mol. The smallest absolute Gasteiger partial charge is 0.226 e. The number of carbonyl (C=O) groups excluding carboxylic acids is 1. The van der Waals surface area contributed by atoms with Crippen LogP contribution >= 0.6 is 0 Å². The average Bonchev–Trinajstić information content (AvgIpc) is 2.38. The molecule has 1 amide bonds. The number of carbonyl (C=O) groups is 1. The highest BCUT2D eigenvalue weighted by molar-refractivity contribution is 5.76. The zero-order valence-electron chi connectivity index (χ0n) is 11.5. The number of morpholine rings is 1. The summed E-state index contributed by atoms with van der Waals surface area (Å²) in [5.74, 6) is 0.942. The molecular weight excluding hydrogens is 242 g/mol. The first-order chi connectivity index (χ1) is 9.15. The summed E-state index contributed by atoms with van der Waals surface area (Å²) < 4.78 is 11.2. The quantitative estimate of drug-likeness (QED) is 0.835. The molecule has 1 saturated heterocycles. The van der Waals surface area contributed by atoms with Gasteiger partial charge in [0.15, 0.2) is 0 Å². The van der Waals surface area contributed by atoms with E-state index in [4.69, 9.17) is 9.47 Å². The van der Waals surface area contributed by atoms with Crippen LogP contribution in [0.15, 0.2) is 30.3 Å². The fraction of sp³-hybridized carbons (Fsp3) is 0.533. The predicted octanol–water partition coefficient (Wildman–Crippen LogP) is 2.09. The van der Waals surface area contributed by atoms with Gasteiger partial charge < -0.3 is 14.4 Å². The molecule has 0 radical (unpaired) electrons. The third kappa shape index (κ3) is 4.24. The lowest BCUT2D eigenvalue weighted by Gasteiger charge is -2.35. The van der Waals surface area contributed by atoms with E-state index in [-0.39, 0.29) is 18.1 Å². The number of amides is 1. The lowest BCUT2D eigenvalue weighted by molar-refractivity contribution is -0.143. The van der Waals surface area contributed by atoms with Gasteiger partial charge in [0.1, 0.15) is 5.75 Å². The van der Waals surface area contributed by atoms with Gasteiger partial charge in [-0.2, -0.15) is 0 Å². The van der Waals surface area contributed by atoms with Crippen LogP contribution in [0.3, 0.4) is 0 Å². The van der Waals surface area contributed by atoms with Crippen molar-refractivity contribution < 1.29 is 14.3 Å². The summed E-state index contributed by atoms with van der Waals surface area (Å²) in [6.45, 7) is 5.76. The van der Waals surface area contributed by atoms with E-state index in [0.29, 0.717) is 26.1 Å². The van der Waals surface area contributed by atoms with Gasteiger partial charge in [0, 0.05) is 13.1 Å². The lowest BCUT2D eigenvalue weighted by atomic mass is 10.2. The molecule has 1 aliphatic heterocycles. The van der Waals surface area contributed by atoms with Gasteiger partial charge in [-0.1, -0.05) is 18.2 Å². The van der Waals surface area contributed by atoms with Crippen molar-refractivity contribution in [3.63, 3.8) is 0 Å². The standard InChI is InChI=1S/C15H21NO3/c1-12-10-16(11-13(2)19-12)15(17)8-9-18-14-6-4-3-5-7-14/h3-7,12-13H,8-11H2,1-2H3/t12-,13-/m0/s1. The molecule has 0 aliphatic carbocycles. The van der Waals surface area contributed by atoms with Crippen LogP contribution in [-0.2, 0) is 9.53 Å². The molecule has 1 aromatic rings. The number of para-hydroxylation sites is 1. The van der Waals surface area contributed by atoms with Gasteiger partial charge in [0.05, 0.1) is 25.2 Å². The Bertz CT molecular complexity index is 397.